The maximum Gasteiger partial charge on any atom is 0.225 e. The smallest absolute Gasteiger partial charge is 0.225 e. The third-order valence-corrected chi connectivity index (χ3v) is 5.15. The van der Waals surface area contributed by atoms with E-state index in [0.717, 1.165) is 64.2 Å². The van der Waals surface area contributed by atoms with Crippen molar-refractivity contribution >= 4 is 11.7 Å². The number of carbonyl (C=O) groups is 1. The van der Waals surface area contributed by atoms with Gasteiger partial charge in [-0.1, -0.05) is 0 Å². The zero-order valence-electron chi connectivity index (χ0n) is 13.0. The Morgan fingerprint density at radius 2 is 2.14 bits per heavy atom. The van der Waals surface area contributed by atoms with Crippen LogP contribution in [-0.2, 0) is 11.3 Å². The predicted octanol–water partition coefficient (Wildman–Crippen LogP) is 0.915. The lowest BCUT2D eigenvalue weighted by atomic mass is 10.0. The number of nitrogens with zero attached hydrogens (tertiary/aromatic N) is 3. The van der Waals surface area contributed by atoms with Crippen LogP contribution in [0.25, 0.3) is 0 Å². The van der Waals surface area contributed by atoms with Crippen LogP contribution in [0, 0.1) is 11.8 Å². The van der Waals surface area contributed by atoms with E-state index in [1.807, 2.05) is 16.9 Å². The van der Waals surface area contributed by atoms with Gasteiger partial charge in [-0.05, 0) is 25.7 Å². The Morgan fingerprint density at radius 3 is 2.91 bits per heavy atom. The Balaban J connectivity index is 1.20. The summed E-state index contributed by atoms with van der Waals surface area (Å²) in [5.74, 6) is 2.48. The van der Waals surface area contributed by atoms with Gasteiger partial charge < -0.3 is 15.5 Å². The second-order valence-electron chi connectivity index (χ2n) is 6.93. The molecule has 1 aliphatic carbocycles. The maximum absolute atomic E-state index is 12.1. The molecule has 2 N–H and O–H groups in total. The summed E-state index contributed by atoms with van der Waals surface area (Å²) in [6.07, 6.45) is 6.25. The van der Waals surface area contributed by atoms with Crippen LogP contribution in [0.5, 0.6) is 0 Å². The van der Waals surface area contributed by atoms with Gasteiger partial charge >= 0.3 is 0 Å². The van der Waals surface area contributed by atoms with E-state index in [2.05, 4.69) is 20.6 Å². The van der Waals surface area contributed by atoms with Gasteiger partial charge in [0.05, 0.1) is 6.20 Å². The highest BCUT2D eigenvalue weighted by Gasteiger charge is 2.34. The topological polar surface area (TPSA) is 62.2 Å². The van der Waals surface area contributed by atoms with E-state index < -0.39 is 0 Å². The highest BCUT2D eigenvalue weighted by Crippen LogP contribution is 2.31. The van der Waals surface area contributed by atoms with E-state index in [4.69, 9.17) is 0 Å². The molecule has 6 nitrogen and oxygen atoms in total. The van der Waals surface area contributed by atoms with E-state index in [0.29, 0.717) is 23.8 Å². The van der Waals surface area contributed by atoms with Gasteiger partial charge in [0.15, 0.2) is 0 Å². The van der Waals surface area contributed by atoms with Crippen molar-refractivity contribution in [1.82, 2.24) is 20.0 Å². The summed E-state index contributed by atoms with van der Waals surface area (Å²) >= 11 is 0. The van der Waals surface area contributed by atoms with Crippen LogP contribution in [0.4, 0.5) is 5.82 Å². The SMILES string of the molecule is O=C(C1CC1)N1CCC(NC[C@H]2CNc3ccnn3C2)CC1. The summed E-state index contributed by atoms with van der Waals surface area (Å²) < 4.78 is 2.05. The predicted molar refractivity (Wildman–Crippen MR) is 84.5 cm³/mol. The summed E-state index contributed by atoms with van der Waals surface area (Å²) in [7, 11) is 0. The van der Waals surface area contributed by atoms with Gasteiger partial charge in [-0.25, -0.2) is 4.68 Å². The molecule has 3 aliphatic rings. The number of aromatic nitrogens is 2. The number of fused-ring (bicyclic) bond motifs is 1. The standard InChI is InChI=1S/C16H25N5O/c22-16(13-1-2-13)20-7-4-14(5-8-20)17-9-12-10-18-15-3-6-19-21(15)11-12/h3,6,12-14,17-18H,1-2,4-5,7-11H2/t12-/m0/s1. The first-order chi connectivity index (χ1) is 10.8. The van der Waals surface area contributed by atoms with Gasteiger partial charge in [-0.3, -0.25) is 4.79 Å². The van der Waals surface area contributed by atoms with E-state index in [1.54, 1.807) is 0 Å². The number of hydrogen-bond acceptors (Lipinski definition) is 4. The Labute approximate surface area is 131 Å². The Kier molecular flexibility index (Phi) is 3.78. The quantitative estimate of drug-likeness (QED) is 0.868. The van der Waals surface area contributed by atoms with Crippen molar-refractivity contribution in [2.75, 3.05) is 31.5 Å². The van der Waals surface area contributed by atoms with Crippen molar-refractivity contribution in [2.24, 2.45) is 11.8 Å². The molecule has 4 rings (SSSR count). The number of rotatable bonds is 4. The number of nitrogens with one attached hydrogen (secondary N) is 2. The highest BCUT2D eigenvalue weighted by atomic mass is 16.2. The number of piperidine rings is 1. The first-order valence-electron chi connectivity index (χ1n) is 8.57. The number of amides is 1. The van der Waals surface area contributed by atoms with Crippen LogP contribution in [0.15, 0.2) is 12.3 Å². The molecule has 1 amide bonds. The number of hydrogen-bond donors (Lipinski definition) is 2. The van der Waals surface area contributed by atoms with E-state index in [9.17, 15) is 4.79 Å². The van der Waals surface area contributed by atoms with Crippen LogP contribution in [0.3, 0.4) is 0 Å². The molecule has 3 heterocycles. The molecule has 22 heavy (non-hydrogen) atoms. The minimum absolute atomic E-state index is 0.362. The average Bonchev–Trinajstić information content (AvgIpc) is 3.30. The molecule has 0 unspecified atom stereocenters. The van der Waals surface area contributed by atoms with Gasteiger partial charge in [0.25, 0.3) is 0 Å². The Hall–Kier alpha value is -1.56. The van der Waals surface area contributed by atoms with Gasteiger partial charge in [0.1, 0.15) is 5.82 Å². The van der Waals surface area contributed by atoms with Crippen LogP contribution in [-0.4, -0.2) is 52.8 Å². The fourth-order valence-electron chi connectivity index (χ4n) is 3.55. The van der Waals surface area contributed by atoms with Gasteiger partial charge in [0.2, 0.25) is 5.91 Å². The van der Waals surface area contributed by atoms with Gasteiger partial charge in [-0.15, -0.1) is 0 Å². The highest BCUT2D eigenvalue weighted by molar-refractivity contribution is 5.81. The van der Waals surface area contributed by atoms with Gasteiger partial charge in [0, 0.05) is 56.7 Å². The van der Waals surface area contributed by atoms with E-state index in [-0.39, 0.29) is 0 Å². The van der Waals surface area contributed by atoms with Crippen molar-refractivity contribution in [1.29, 1.82) is 0 Å². The van der Waals surface area contributed by atoms with Crippen LogP contribution >= 0.6 is 0 Å². The van der Waals surface area contributed by atoms with Crippen LogP contribution in [0.2, 0.25) is 0 Å². The van der Waals surface area contributed by atoms with Crippen LogP contribution < -0.4 is 10.6 Å². The van der Waals surface area contributed by atoms with Crippen molar-refractivity contribution in [2.45, 2.75) is 38.3 Å². The number of anilines is 1. The fourth-order valence-corrected chi connectivity index (χ4v) is 3.55. The Bertz CT molecular complexity index is 530. The zero-order valence-corrected chi connectivity index (χ0v) is 13.0. The first-order valence-corrected chi connectivity index (χ1v) is 8.57. The third-order valence-electron chi connectivity index (χ3n) is 5.15. The maximum atomic E-state index is 12.1. The molecule has 2 fully saturated rings. The molecule has 0 radical (unpaired) electrons. The number of likely N-dealkylation sites (tertiary alicyclic amines) is 1. The molecule has 1 aromatic rings. The molecular formula is C16H25N5O. The van der Waals surface area contributed by atoms with E-state index >= 15 is 0 Å². The van der Waals surface area contributed by atoms with Crippen molar-refractivity contribution in [3.63, 3.8) is 0 Å². The second kappa shape index (κ2) is 5.91. The summed E-state index contributed by atoms with van der Waals surface area (Å²) in [5, 5.41) is 11.5. The summed E-state index contributed by atoms with van der Waals surface area (Å²) in [5.41, 5.74) is 0. The minimum Gasteiger partial charge on any atom is -0.370 e. The van der Waals surface area contributed by atoms with E-state index in [1.165, 1.54) is 0 Å². The first kappa shape index (κ1) is 14.1. The molecule has 0 spiro atoms. The molecule has 1 saturated heterocycles. The summed E-state index contributed by atoms with van der Waals surface area (Å²) in [6, 6.07) is 2.58. The molecule has 0 bridgehead atoms. The monoisotopic (exact) mass is 303 g/mol. The Morgan fingerprint density at radius 1 is 1.32 bits per heavy atom. The van der Waals surface area contributed by atoms with Crippen LogP contribution in [0.1, 0.15) is 25.7 Å². The molecule has 1 atom stereocenters. The fraction of sp³-hybridized carbons (Fsp3) is 0.750. The molecule has 2 aliphatic heterocycles. The third kappa shape index (κ3) is 2.97. The average molecular weight is 303 g/mol. The lowest BCUT2D eigenvalue weighted by molar-refractivity contribution is -0.133. The molecular weight excluding hydrogens is 278 g/mol. The minimum atomic E-state index is 0.362. The molecule has 1 saturated carbocycles. The summed E-state index contributed by atoms with van der Waals surface area (Å²) in [6.45, 7) is 4.88. The van der Waals surface area contributed by atoms with Gasteiger partial charge in [-0.2, -0.15) is 5.10 Å². The second-order valence-corrected chi connectivity index (χ2v) is 6.93. The summed E-state index contributed by atoms with van der Waals surface area (Å²) in [4.78, 5) is 14.1. The lowest BCUT2D eigenvalue weighted by Gasteiger charge is -2.34. The van der Waals surface area contributed by atoms with Crippen molar-refractivity contribution < 1.29 is 4.79 Å². The molecule has 120 valence electrons. The lowest BCUT2D eigenvalue weighted by Crippen LogP contribution is -2.47. The number of carbonyl (C=O) groups excluding carboxylic acids is 1. The molecule has 0 aromatic carbocycles. The zero-order chi connectivity index (χ0) is 14.9. The largest absolute Gasteiger partial charge is 0.370 e. The normalized spacial score (nSPS) is 25.6. The molecule has 1 aromatic heterocycles. The van der Waals surface area contributed by atoms with Crippen molar-refractivity contribution in [3.8, 4) is 0 Å². The molecule has 6 heteroatoms. The van der Waals surface area contributed by atoms with Crippen molar-refractivity contribution in [3.05, 3.63) is 12.3 Å².